The van der Waals surface area contributed by atoms with E-state index in [4.69, 9.17) is 35.9 Å². The Hall–Kier alpha value is -3.30. The number of ether oxygens (including phenoxy) is 2. The van der Waals surface area contributed by atoms with Crippen LogP contribution in [0.2, 0.25) is 0 Å². The Labute approximate surface area is 311 Å². The maximum absolute atomic E-state index is 13.2. The minimum absolute atomic E-state index is 0.0167. The van der Waals surface area contributed by atoms with Gasteiger partial charge in [0.1, 0.15) is 24.1 Å². The predicted octanol–water partition coefficient (Wildman–Crippen LogP) is -0.689. The lowest BCUT2D eigenvalue weighted by molar-refractivity contribution is -0.0482. The van der Waals surface area contributed by atoms with E-state index < -0.39 is 97.7 Å². The van der Waals surface area contributed by atoms with Crippen molar-refractivity contribution in [3.8, 4) is 0 Å². The van der Waals surface area contributed by atoms with Crippen molar-refractivity contribution in [2.24, 2.45) is 17.7 Å². The Bertz CT molecular complexity index is 2440. The summed E-state index contributed by atoms with van der Waals surface area (Å²) in [5, 5.41) is 11.0. The Morgan fingerprint density at radius 2 is 1.27 bits per heavy atom. The molecule has 12 N–H and O–H groups in total. The van der Waals surface area contributed by atoms with E-state index in [1.165, 1.54) is 10.9 Å². The van der Waals surface area contributed by atoms with Crippen LogP contribution >= 0.6 is 31.1 Å². The average Bonchev–Trinajstić information content (AvgIpc) is 3.86. The molecule has 0 amide bonds. The second-order valence-electron chi connectivity index (χ2n) is 12.4. The van der Waals surface area contributed by atoms with Gasteiger partial charge >= 0.3 is 31.1 Å². The number of phosphoric acid groups is 3. The van der Waals surface area contributed by atoms with Crippen molar-refractivity contribution in [3.63, 3.8) is 0 Å². The number of nitrogens with one attached hydrogen (secondary N) is 2. The standard InChI is InChI=1S/C23H35N11O18P4/c1-8-9(2)20(33-6-27-12-16(33)29-22(24)31-18(12)36)48-10(8)4-46-54(40,41)51-56(44,45-3)52-55(42,43)47-5-11-15(53(38,39)50-26)14(35)21(49-11)34-7-28-13-17(34)30-23(25)32-19(13)37/h6-11,14-15,20-21,35H,4-5,26H2,1-3H3,(H,38,39)(H,40,41)(H,42,43)(H3,24,29,31,36)(H3,25,30,32,37). The molecule has 29 nitrogen and oxygen atoms in total. The average molecular weight is 877 g/mol. The van der Waals surface area contributed by atoms with Crippen LogP contribution in [0, 0.1) is 11.8 Å². The summed E-state index contributed by atoms with van der Waals surface area (Å²) in [6.45, 7) is 1.61. The third-order valence-corrected chi connectivity index (χ3v) is 15.3. The minimum Gasteiger partial charge on any atom is -0.387 e. The van der Waals surface area contributed by atoms with Gasteiger partial charge in [-0.2, -0.15) is 18.6 Å². The summed E-state index contributed by atoms with van der Waals surface area (Å²) >= 11 is 0. The van der Waals surface area contributed by atoms with E-state index in [1.54, 1.807) is 13.8 Å². The monoisotopic (exact) mass is 877 g/mol. The summed E-state index contributed by atoms with van der Waals surface area (Å²) < 4.78 is 93.4. The molecule has 0 aliphatic carbocycles. The Kier molecular flexibility index (Phi) is 11.7. The summed E-state index contributed by atoms with van der Waals surface area (Å²) in [6, 6.07) is 0. The molecular formula is C23H35N11O18P4. The highest BCUT2D eigenvalue weighted by Gasteiger charge is 2.56. The van der Waals surface area contributed by atoms with Crippen LogP contribution in [-0.4, -0.2) is 103 Å². The summed E-state index contributed by atoms with van der Waals surface area (Å²) in [5.41, 5.74) is 7.48. The number of H-pyrrole nitrogens is 2. The van der Waals surface area contributed by atoms with Crippen LogP contribution in [0.15, 0.2) is 22.2 Å². The zero-order valence-electron chi connectivity index (χ0n) is 28.9. The van der Waals surface area contributed by atoms with Crippen LogP contribution in [0.3, 0.4) is 0 Å². The number of phosphoric ester groups is 2. The number of fused-ring (bicyclic) bond motifs is 2. The van der Waals surface area contributed by atoms with Crippen LogP contribution in [0.4, 0.5) is 11.9 Å². The van der Waals surface area contributed by atoms with Gasteiger partial charge in [-0.15, -0.1) is 0 Å². The Morgan fingerprint density at radius 3 is 1.75 bits per heavy atom. The summed E-state index contributed by atoms with van der Waals surface area (Å²) in [6.07, 6.45) is -5.01. The van der Waals surface area contributed by atoms with Gasteiger partial charge in [-0.25, -0.2) is 34.2 Å². The summed E-state index contributed by atoms with van der Waals surface area (Å²) in [7, 11) is -21.1. The topological polar surface area (TPSA) is 428 Å². The van der Waals surface area contributed by atoms with Gasteiger partial charge in [0.05, 0.1) is 32.0 Å². The molecule has 12 unspecified atom stereocenters. The number of aliphatic hydroxyl groups excluding tert-OH is 1. The molecule has 2 aliphatic heterocycles. The van der Waals surface area contributed by atoms with E-state index in [-0.39, 0.29) is 40.1 Å². The molecule has 0 spiro atoms. The Balaban J connectivity index is 1.11. The maximum atomic E-state index is 13.2. The molecular weight excluding hydrogens is 842 g/mol. The number of aromatic amines is 2. The van der Waals surface area contributed by atoms with Gasteiger partial charge in [-0.05, 0) is 5.92 Å². The summed E-state index contributed by atoms with van der Waals surface area (Å²) in [4.78, 5) is 76.1. The van der Waals surface area contributed by atoms with Crippen molar-refractivity contribution in [3.05, 3.63) is 33.4 Å². The van der Waals surface area contributed by atoms with E-state index in [0.29, 0.717) is 7.11 Å². The zero-order chi connectivity index (χ0) is 41.1. The lowest BCUT2D eigenvalue weighted by Crippen LogP contribution is -2.35. The van der Waals surface area contributed by atoms with Crippen molar-refractivity contribution >= 4 is 65.3 Å². The number of aliphatic hydroxyl groups is 1. The number of aromatic nitrogens is 8. The first-order valence-electron chi connectivity index (χ1n) is 15.8. The van der Waals surface area contributed by atoms with E-state index >= 15 is 0 Å². The highest BCUT2D eigenvalue weighted by Crippen LogP contribution is 2.70. The van der Waals surface area contributed by atoms with E-state index in [9.17, 15) is 47.6 Å². The third kappa shape index (κ3) is 8.32. The number of hydrogen-bond acceptors (Lipinski definition) is 22. The molecule has 2 saturated heterocycles. The number of nitrogen functional groups attached to an aromatic ring is 2. The molecule has 310 valence electrons. The molecule has 2 aliphatic rings. The second kappa shape index (κ2) is 15.5. The quantitative estimate of drug-likeness (QED) is 0.0527. The van der Waals surface area contributed by atoms with E-state index in [1.807, 2.05) is 0 Å². The lowest BCUT2D eigenvalue weighted by atomic mass is 9.93. The third-order valence-electron chi connectivity index (χ3n) is 8.93. The fraction of sp³-hybridized carbons (Fsp3) is 0.565. The van der Waals surface area contributed by atoms with Crippen molar-refractivity contribution in [2.45, 2.75) is 50.3 Å². The molecule has 56 heavy (non-hydrogen) atoms. The number of rotatable bonds is 15. The number of hydrogen-bond donors (Lipinski definition) is 9. The number of imidazole rings is 2. The van der Waals surface area contributed by atoms with Crippen LogP contribution in [0.25, 0.3) is 22.3 Å². The molecule has 0 radical (unpaired) electrons. The number of nitrogens with two attached hydrogens (primary N) is 3. The van der Waals surface area contributed by atoms with Crippen LogP contribution < -0.4 is 28.5 Å². The fourth-order valence-corrected chi connectivity index (χ4v) is 11.3. The molecule has 6 rings (SSSR count). The minimum atomic E-state index is -5.70. The smallest absolute Gasteiger partial charge is 0.387 e. The SMILES string of the molecule is COP(=O)(OP(=O)(O)OCC1OC(n2cnc3c(=O)[nH]c(N)nc32)C(C)C1C)OP(=O)(O)OCC1OC(n2cnc3c(=O)[nH]c(N)nc32)C(O)C1P(=O)(O)ON. The van der Waals surface area contributed by atoms with E-state index in [0.717, 1.165) is 10.9 Å². The molecule has 0 aromatic carbocycles. The highest BCUT2D eigenvalue weighted by molar-refractivity contribution is 7.67. The first kappa shape index (κ1) is 42.3. The molecule has 33 heteroatoms. The summed E-state index contributed by atoms with van der Waals surface area (Å²) in [5.74, 6) is 3.72. The molecule has 12 atom stereocenters. The maximum Gasteiger partial charge on any atom is 0.492 e. The van der Waals surface area contributed by atoms with Crippen molar-refractivity contribution in [1.29, 1.82) is 0 Å². The fourth-order valence-electron chi connectivity index (χ4n) is 6.08. The van der Waals surface area contributed by atoms with Crippen LogP contribution in [0.5, 0.6) is 0 Å². The number of nitrogens with zero attached hydrogens (tertiary/aromatic N) is 6. The molecule has 4 aromatic rings. The second-order valence-corrected chi connectivity index (χ2v) is 19.3. The van der Waals surface area contributed by atoms with Gasteiger partial charge in [0, 0.05) is 13.0 Å². The molecule has 0 bridgehead atoms. The normalized spacial score (nSPS) is 29.9. The van der Waals surface area contributed by atoms with Gasteiger partial charge < -0.3 is 40.7 Å². The predicted molar refractivity (Wildman–Crippen MR) is 185 cm³/mol. The number of anilines is 2. The molecule has 0 saturated carbocycles. The van der Waals surface area contributed by atoms with Gasteiger partial charge in [-0.3, -0.25) is 46.8 Å². The van der Waals surface area contributed by atoms with Crippen molar-refractivity contribution < 1.29 is 74.3 Å². The Morgan fingerprint density at radius 1 is 0.804 bits per heavy atom. The van der Waals surface area contributed by atoms with Crippen molar-refractivity contribution in [1.82, 2.24) is 39.0 Å². The molecule has 2 fully saturated rings. The largest absolute Gasteiger partial charge is 0.492 e. The van der Waals surface area contributed by atoms with Crippen LogP contribution in [0.1, 0.15) is 26.3 Å². The van der Waals surface area contributed by atoms with Gasteiger partial charge in [0.25, 0.3) is 11.1 Å². The van der Waals surface area contributed by atoms with Gasteiger partial charge in [0.15, 0.2) is 28.6 Å². The highest BCUT2D eigenvalue weighted by atomic mass is 31.3. The molecule has 4 aromatic heterocycles. The zero-order valence-corrected chi connectivity index (χ0v) is 32.5. The van der Waals surface area contributed by atoms with Crippen LogP contribution in [-0.2, 0) is 54.6 Å². The van der Waals surface area contributed by atoms with Gasteiger partial charge in [-0.1, -0.05) is 13.8 Å². The lowest BCUT2D eigenvalue weighted by Gasteiger charge is -2.24. The first-order chi connectivity index (χ1) is 26.1. The van der Waals surface area contributed by atoms with Crippen molar-refractivity contribution in [2.75, 3.05) is 31.8 Å². The first-order valence-corrected chi connectivity index (χ1v) is 21.9. The molecule has 6 heterocycles. The van der Waals surface area contributed by atoms with E-state index in [2.05, 4.69) is 47.7 Å². The van der Waals surface area contributed by atoms with Gasteiger partial charge in [0.2, 0.25) is 11.9 Å².